The van der Waals surface area contributed by atoms with E-state index in [0.29, 0.717) is 48.8 Å². The summed E-state index contributed by atoms with van der Waals surface area (Å²) in [7, 11) is 0. The molecule has 194 valence electrons. The first-order valence-electron chi connectivity index (χ1n) is 14.1. The minimum absolute atomic E-state index is 0.0212. The van der Waals surface area contributed by atoms with E-state index in [9.17, 15) is 14.7 Å². The number of esters is 1. The Hall–Kier alpha value is -2.04. The molecule has 0 unspecified atom stereocenters. The summed E-state index contributed by atoms with van der Waals surface area (Å²) in [5.41, 5.74) is 2.77. The van der Waals surface area contributed by atoms with Crippen LogP contribution in [-0.2, 0) is 20.7 Å². The van der Waals surface area contributed by atoms with Gasteiger partial charge in [-0.15, -0.1) is 0 Å². The molecule has 4 rings (SSSR count). The molecular weight excluding hydrogens is 438 g/mol. The van der Waals surface area contributed by atoms with Gasteiger partial charge >= 0.3 is 5.97 Å². The molecule has 35 heavy (non-hydrogen) atoms. The molecule has 1 amide bonds. The van der Waals surface area contributed by atoms with E-state index >= 15 is 0 Å². The number of benzene rings is 1. The van der Waals surface area contributed by atoms with Crippen LogP contribution >= 0.6 is 0 Å². The number of aromatic hydroxyl groups is 1. The highest BCUT2D eigenvalue weighted by Gasteiger charge is 2.59. The second kappa shape index (κ2) is 11.3. The fourth-order valence-corrected chi connectivity index (χ4v) is 7.64. The van der Waals surface area contributed by atoms with Crippen molar-refractivity contribution in [1.82, 2.24) is 5.32 Å². The SMILES string of the molecule is CCCCCC(=O)O[C@H]1[C@@H](CCCNC(=O)CC)C[C@H]2[C@@H]3CCc4cc(O)ccc4[C@H]3CC[C@@]21C. The molecule has 3 aliphatic carbocycles. The lowest BCUT2D eigenvalue weighted by molar-refractivity contribution is -0.160. The van der Waals surface area contributed by atoms with Crippen LogP contribution in [0.3, 0.4) is 0 Å². The number of rotatable bonds is 10. The molecule has 2 fully saturated rings. The normalized spacial score (nSPS) is 31.2. The van der Waals surface area contributed by atoms with E-state index < -0.39 is 0 Å². The molecule has 0 spiro atoms. The van der Waals surface area contributed by atoms with E-state index in [2.05, 4.69) is 25.2 Å². The van der Waals surface area contributed by atoms with Gasteiger partial charge in [-0.1, -0.05) is 39.7 Å². The van der Waals surface area contributed by atoms with Gasteiger partial charge in [-0.2, -0.15) is 0 Å². The number of hydrogen-bond donors (Lipinski definition) is 2. The molecule has 3 aliphatic rings. The molecule has 0 heterocycles. The summed E-state index contributed by atoms with van der Waals surface area (Å²) in [4.78, 5) is 24.6. The van der Waals surface area contributed by atoms with E-state index in [1.807, 2.05) is 19.1 Å². The van der Waals surface area contributed by atoms with Crippen molar-refractivity contribution in [3.05, 3.63) is 29.3 Å². The lowest BCUT2D eigenvalue weighted by Gasteiger charge is -2.50. The predicted octanol–water partition coefficient (Wildman–Crippen LogP) is 6.27. The Morgan fingerprint density at radius 3 is 2.77 bits per heavy atom. The van der Waals surface area contributed by atoms with Gasteiger partial charge in [0.15, 0.2) is 0 Å². The number of phenols is 1. The molecule has 6 atom stereocenters. The molecule has 0 saturated heterocycles. The molecule has 5 heteroatoms. The maximum atomic E-state index is 12.9. The number of carbonyl (C=O) groups excluding carboxylic acids is 2. The van der Waals surface area contributed by atoms with Crippen molar-refractivity contribution in [2.75, 3.05) is 6.54 Å². The fourth-order valence-electron chi connectivity index (χ4n) is 7.64. The number of amides is 1. The molecular formula is C30H45NO4. The lowest BCUT2D eigenvalue weighted by atomic mass is 9.55. The zero-order valence-electron chi connectivity index (χ0n) is 22.0. The number of fused-ring (bicyclic) bond motifs is 5. The molecule has 1 aromatic carbocycles. The summed E-state index contributed by atoms with van der Waals surface area (Å²) < 4.78 is 6.35. The Kier molecular flexibility index (Phi) is 8.44. The second-order valence-corrected chi connectivity index (χ2v) is 11.6. The molecule has 2 N–H and O–H groups in total. The third kappa shape index (κ3) is 5.54. The van der Waals surface area contributed by atoms with Crippen LogP contribution in [0.4, 0.5) is 0 Å². The van der Waals surface area contributed by atoms with Crippen LogP contribution in [-0.4, -0.2) is 29.6 Å². The van der Waals surface area contributed by atoms with Gasteiger partial charge in [0.2, 0.25) is 5.91 Å². The maximum absolute atomic E-state index is 12.9. The summed E-state index contributed by atoms with van der Waals surface area (Å²) >= 11 is 0. The molecule has 0 bridgehead atoms. The third-order valence-corrected chi connectivity index (χ3v) is 9.42. The Balaban J connectivity index is 1.50. The predicted molar refractivity (Wildman–Crippen MR) is 138 cm³/mol. The van der Waals surface area contributed by atoms with Crippen LogP contribution in [0.1, 0.15) is 108 Å². The van der Waals surface area contributed by atoms with Crippen LogP contribution in [0.5, 0.6) is 5.75 Å². The zero-order valence-corrected chi connectivity index (χ0v) is 22.0. The summed E-state index contributed by atoms with van der Waals surface area (Å²) in [6, 6.07) is 5.96. The van der Waals surface area contributed by atoms with E-state index in [4.69, 9.17) is 4.74 Å². The number of nitrogens with one attached hydrogen (secondary N) is 1. The average molecular weight is 484 g/mol. The Morgan fingerprint density at radius 2 is 2.00 bits per heavy atom. The van der Waals surface area contributed by atoms with Crippen molar-refractivity contribution in [1.29, 1.82) is 0 Å². The number of unbranched alkanes of at least 4 members (excludes halogenated alkanes) is 2. The Bertz CT molecular complexity index is 898. The molecule has 1 aromatic rings. The van der Waals surface area contributed by atoms with Gasteiger partial charge in [0.25, 0.3) is 0 Å². The van der Waals surface area contributed by atoms with Crippen LogP contribution in [0.25, 0.3) is 0 Å². The fraction of sp³-hybridized carbons (Fsp3) is 0.733. The van der Waals surface area contributed by atoms with Crippen molar-refractivity contribution >= 4 is 11.9 Å². The van der Waals surface area contributed by atoms with Gasteiger partial charge in [-0.05, 0) is 98.3 Å². The van der Waals surface area contributed by atoms with Gasteiger partial charge in [0.1, 0.15) is 11.9 Å². The second-order valence-electron chi connectivity index (χ2n) is 11.6. The quantitative estimate of drug-likeness (QED) is 0.304. The highest BCUT2D eigenvalue weighted by molar-refractivity contribution is 5.75. The van der Waals surface area contributed by atoms with Gasteiger partial charge in [0, 0.05) is 24.8 Å². The van der Waals surface area contributed by atoms with Crippen LogP contribution < -0.4 is 5.32 Å². The third-order valence-electron chi connectivity index (χ3n) is 9.42. The van der Waals surface area contributed by atoms with Crippen molar-refractivity contribution in [3.63, 3.8) is 0 Å². The molecule has 0 radical (unpaired) electrons. The standard InChI is InChI=1S/C30H45NO4/c1-4-6-7-10-28(34)35-29-21(9-8-17-31-27(33)5-2)19-26-25-13-11-20-18-22(32)12-14-23(20)24(25)15-16-30(26,29)3/h12,14,18,21,24-26,29,32H,4-11,13,15-17,19H2,1-3H3,(H,31,33)/t21-,24+,25+,26-,29-,30-/m0/s1. The van der Waals surface area contributed by atoms with Crippen LogP contribution in [0.15, 0.2) is 18.2 Å². The number of aryl methyl sites for hydroxylation is 1. The summed E-state index contributed by atoms with van der Waals surface area (Å²) in [6.07, 6.45) is 11.5. The molecule has 0 aliphatic heterocycles. The van der Waals surface area contributed by atoms with Crippen LogP contribution in [0, 0.1) is 23.2 Å². The number of carbonyl (C=O) groups is 2. The first-order valence-corrected chi connectivity index (χ1v) is 14.1. The van der Waals surface area contributed by atoms with E-state index in [1.165, 1.54) is 11.1 Å². The largest absolute Gasteiger partial charge is 0.508 e. The highest BCUT2D eigenvalue weighted by Crippen LogP contribution is 2.63. The first kappa shape index (κ1) is 26.0. The van der Waals surface area contributed by atoms with Gasteiger partial charge < -0.3 is 15.2 Å². The number of hydrogen-bond acceptors (Lipinski definition) is 4. The summed E-state index contributed by atoms with van der Waals surface area (Å²) in [5.74, 6) is 2.50. The van der Waals surface area contributed by atoms with Crippen molar-refractivity contribution in [2.45, 2.75) is 110 Å². The van der Waals surface area contributed by atoms with Crippen molar-refractivity contribution in [3.8, 4) is 5.75 Å². The maximum Gasteiger partial charge on any atom is 0.306 e. The van der Waals surface area contributed by atoms with Crippen molar-refractivity contribution < 1.29 is 19.4 Å². The number of phenolic OH excluding ortho intramolecular Hbond substituents is 1. The topological polar surface area (TPSA) is 75.6 Å². The van der Waals surface area contributed by atoms with Crippen LogP contribution in [0.2, 0.25) is 0 Å². The molecule has 5 nitrogen and oxygen atoms in total. The van der Waals surface area contributed by atoms with E-state index in [-0.39, 0.29) is 23.4 Å². The van der Waals surface area contributed by atoms with E-state index in [1.54, 1.807) is 0 Å². The monoisotopic (exact) mass is 483 g/mol. The van der Waals surface area contributed by atoms with Gasteiger partial charge in [-0.3, -0.25) is 9.59 Å². The summed E-state index contributed by atoms with van der Waals surface area (Å²) in [5, 5.41) is 13.0. The molecule has 0 aromatic heterocycles. The van der Waals surface area contributed by atoms with Gasteiger partial charge in [-0.25, -0.2) is 0 Å². The minimum atomic E-state index is -0.0267. The Labute approximate surface area is 211 Å². The minimum Gasteiger partial charge on any atom is -0.508 e. The van der Waals surface area contributed by atoms with Gasteiger partial charge in [0.05, 0.1) is 0 Å². The first-order chi connectivity index (χ1) is 16.9. The number of ether oxygens (including phenoxy) is 1. The van der Waals surface area contributed by atoms with Crippen molar-refractivity contribution in [2.24, 2.45) is 23.2 Å². The lowest BCUT2D eigenvalue weighted by Crippen LogP contribution is -2.46. The zero-order chi connectivity index (χ0) is 25.0. The Morgan fingerprint density at radius 1 is 1.17 bits per heavy atom. The molecule has 2 saturated carbocycles. The average Bonchev–Trinajstić information content (AvgIpc) is 3.12. The highest BCUT2D eigenvalue weighted by atomic mass is 16.5. The summed E-state index contributed by atoms with van der Waals surface area (Å²) in [6.45, 7) is 7.13. The van der Waals surface area contributed by atoms with E-state index in [0.717, 1.165) is 64.2 Å². The smallest absolute Gasteiger partial charge is 0.306 e.